The molecule has 0 radical (unpaired) electrons. The second-order valence-corrected chi connectivity index (χ2v) is 5.51. The fraction of sp³-hybridized carbons (Fsp3) is 0.308. The molecule has 0 aliphatic carbocycles. The van der Waals surface area contributed by atoms with E-state index in [1.807, 2.05) is 25.1 Å². The van der Waals surface area contributed by atoms with Gasteiger partial charge < -0.3 is 5.32 Å². The minimum Gasteiger partial charge on any atom is -0.356 e. The predicted octanol–water partition coefficient (Wildman–Crippen LogP) is 1.10. The summed E-state index contributed by atoms with van der Waals surface area (Å²) in [4.78, 5) is 11.1. The zero-order valence-electron chi connectivity index (χ0n) is 10.8. The number of benzene rings is 1. The Morgan fingerprint density at radius 1 is 1.26 bits per heavy atom. The average Bonchev–Trinajstić information content (AvgIpc) is 2.38. The van der Waals surface area contributed by atoms with Crippen molar-refractivity contribution in [1.29, 1.82) is 0 Å². The molecule has 0 spiro atoms. The first kappa shape index (κ1) is 15.4. The molecule has 0 unspecified atom stereocenters. The van der Waals surface area contributed by atoms with E-state index in [9.17, 15) is 13.2 Å². The number of carbonyl (C=O) groups is 1. The molecule has 1 amide bonds. The van der Waals surface area contributed by atoms with Crippen LogP contribution in [0, 0.1) is 0 Å². The Morgan fingerprint density at radius 3 is 2.58 bits per heavy atom. The molecule has 0 fully saturated rings. The van der Waals surface area contributed by atoms with Crippen molar-refractivity contribution in [3.05, 3.63) is 41.3 Å². The standard InChI is InChI=1S/C13H18N2O3S/c1-2-14-13(16)8-10-15-19(17,18)11-9-12-6-4-3-5-7-12/h3-7,9,11,15H,2,8,10H2,1H3,(H,14,16). The maximum absolute atomic E-state index is 11.6. The summed E-state index contributed by atoms with van der Waals surface area (Å²) in [5.74, 6) is -0.169. The van der Waals surface area contributed by atoms with E-state index in [4.69, 9.17) is 0 Å². The highest BCUT2D eigenvalue weighted by atomic mass is 32.2. The van der Waals surface area contributed by atoms with Gasteiger partial charge in [-0.05, 0) is 18.6 Å². The van der Waals surface area contributed by atoms with Crippen LogP contribution < -0.4 is 10.0 Å². The van der Waals surface area contributed by atoms with E-state index >= 15 is 0 Å². The molecule has 19 heavy (non-hydrogen) atoms. The van der Waals surface area contributed by atoms with Crippen molar-refractivity contribution < 1.29 is 13.2 Å². The fourth-order valence-corrected chi connectivity index (χ4v) is 2.19. The van der Waals surface area contributed by atoms with E-state index in [1.54, 1.807) is 12.1 Å². The van der Waals surface area contributed by atoms with Crippen LogP contribution in [0.1, 0.15) is 18.9 Å². The maximum atomic E-state index is 11.6. The van der Waals surface area contributed by atoms with Gasteiger partial charge in [0.1, 0.15) is 0 Å². The van der Waals surface area contributed by atoms with Gasteiger partial charge >= 0.3 is 0 Å². The summed E-state index contributed by atoms with van der Waals surface area (Å²) >= 11 is 0. The zero-order valence-corrected chi connectivity index (χ0v) is 11.6. The second-order valence-electron chi connectivity index (χ2n) is 3.86. The molecular weight excluding hydrogens is 264 g/mol. The van der Waals surface area contributed by atoms with Crippen LogP contribution in [0.4, 0.5) is 0 Å². The van der Waals surface area contributed by atoms with Gasteiger partial charge in [-0.25, -0.2) is 13.1 Å². The largest absolute Gasteiger partial charge is 0.356 e. The third kappa shape index (κ3) is 6.73. The fourth-order valence-electron chi connectivity index (χ4n) is 1.37. The van der Waals surface area contributed by atoms with Crippen LogP contribution in [0.15, 0.2) is 35.7 Å². The molecule has 2 N–H and O–H groups in total. The second kappa shape index (κ2) is 7.70. The van der Waals surface area contributed by atoms with E-state index < -0.39 is 10.0 Å². The quantitative estimate of drug-likeness (QED) is 0.786. The first-order chi connectivity index (χ1) is 9.03. The molecule has 1 rings (SSSR count). The number of rotatable bonds is 7. The minimum atomic E-state index is -3.50. The monoisotopic (exact) mass is 282 g/mol. The van der Waals surface area contributed by atoms with Crippen molar-refractivity contribution in [2.45, 2.75) is 13.3 Å². The van der Waals surface area contributed by atoms with Crippen LogP contribution >= 0.6 is 0 Å². The van der Waals surface area contributed by atoms with Crippen LogP contribution in [0.25, 0.3) is 6.08 Å². The Hall–Kier alpha value is -1.66. The normalized spacial score (nSPS) is 11.6. The molecule has 0 aliphatic rings. The number of hydrogen-bond acceptors (Lipinski definition) is 3. The summed E-state index contributed by atoms with van der Waals surface area (Å²) in [5.41, 5.74) is 0.802. The molecule has 0 bridgehead atoms. The van der Waals surface area contributed by atoms with Crippen molar-refractivity contribution in [3.63, 3.8) is 0 Å². The molecule has 1 aromatic rings. The van der Waals surface area contributed by atoms with Crippen LogP contribution in [0.2, 0.25) is 0 Å². The van der Waals surface area contributed by atoms with Gasteiger partial charge in [-0.2, -0.15) is 0 Å². The number of sulfonamides is 1. The van der Waals surface area contributed by atoms with Crippen molar-refractivity contribution in [1.82, 2.24) is 10.0 Å². The van der Waals surface area contributed by atoms with Crippen molar-refractivity contribution in [3.8, 4) is 0 Å². The third-order valence-electron chi connectivity index (χ3n) is 2.27. The summed E-state index contributed by atoms with van der Waals surface area (Å²) in [7, 11) is -3.50. The van der Waals surface area contributed by atoms with E-state index in [1.165, 1.54) is 6.08 Å². The van der Waals surface area contributed by atoms with Crippen LogP contribution in [0.5, 0.6) is 0 Å². The summed E-state index contributed by atoms with van der Waals surface area (Å²) in [6, 6.07) is 9.13. The predicted molar refractivity (Wildman–Crippen MR) is 75.7 cm³/mol. The van der Waals surface area contributed by atoms with Gasteiger partial charge in [-0.1, -0.05) is 30.3 Å². The molecule has 1 aromatic carbocycles. The smallest absolute Gasteiger partial charge is 0.233 e. The number of carbonyl (C=O) groups excluding carboxylic acids is 1. The Labute approximate surface area is 113 Å². The molecule has 0 aromatic heterocycles. The summed E-state index contributed by atoms with van der Waals surface area (Å²) in [6.07, 6.45) is 1.64. The van der Waals surface area contributed by atoms with Gasteiger partial charge in [0, 0.05) is 24.9 Å². The van der Waals surface area contributed by atoms with Gasteiger partial charge in [0.2, 0.25) is 15.9 Å². The molecule has 5 nitrogen and oxygen atoms in total. The SMILES string of the molecule is CCNC(=O)CCNS(=O)(=O)C=Cc1ccccc1. The lowest BCUT2D eigenvalue weighted by Gasteiger charge is -2.03. The third-order valence-corrected chi connectivity index (χ3v) is 3.37. The first-order valence-electron chi connectivity index (χ1n) is 6.03. The Morgan fingerprint density at radius 2 is 1.95 bits per heavy atom. The van der Waals surface area contributed by atoms with Gasteiger partial charge in [-0.15, -0.1) is 0 Å². The average molecular weight is 282 g/mol. The Bertz CT molecular complexity index is 524. The van der Waals surface area contributed by atoms with E-state index in [2.05, 4.69) is 10.0 Å². The van der Waals surface area contributed by atoms with E-state index in [0.717, 1.165) is 11.0 Å². The highest BCUT2D eigenvalue weighted by Gasteiger charge is 2.06. The first-order valence-corrected chi connectivity index (χ1v) is 7.57. The molecule has 0 aliphatic heterocycles. The van der Waals surface area contributed by atoms with Crippen molar-refractivity contribution in [2.75, 3.05) is 13.1 Å². The summed E-state index contributed by atoms with van der Waals surface area (Å²) in [6.45, 7) is 2.44. The highest BCUT2D eigenvalue weighted by Crippen LogP contribution is 2.02. The van der Waals surface area contributed by atoms with Crippen molar-refractivity contribution in [2.24, 2.45) is 0 Å². The van der Waals surface area contributed by atoms with E-state index in [0.29, 0.717) is 6.54 Å². The maximum Gasteiger partial charge on any atom is 0.233 e. The number of nitrogens with one attached hydrogen (secondary N) is 2. The molecule has 6 heteroatoms. The molecule has 0 saturated heterocycles. The molecule has 0 atom stereocenters. The van der Waals surface area contributed by atoms with Crippen LogP contribution in [-0.4, -0.2) is 27.4 Å². The zero-order chi connectivity index (χ0) is 14.1. The number of hydrogen-bond donors (Lipinski definition) is 2. The Balaban J connectivity index is 2.44. The highest BCUT2D eigenvalue weighted by molar-refractivity contribution is 7.92. The van der Waals surface area contributed by atoms with Crippen LogP contribution in [-0.2, 0) is 14.8 Å². The lowest BCUT2D eigenvalue weighted by atomic mass is 10.2. The molecule has 0 heterocycles. The van der Waals surface area contributed by atoms with Gasteiger partial charge in [0.25, 0.3) is 0 Å². The van der Waals surface area contributed by atoms with Crippen molar-refractivity contribution >= 4 is 22.0 Å². The van der Waals surface area contributed by atoms with E-state index in [-0.39, 0.29) is 18.9 Å². The van der Waals surface area contributed by atoms with Gasteiger partial charge in [0.15, 0.2) is 0 Å². The van der Waals surface area contributed by atoms with Gasteiger partial charge in [-0.3, -0.25) is 4.79 Å². The van der Waals surface area contributed by atoms with Gasteiger partial charge in [0.05, 0.1) is 0 Å². The minimum absolute atomic E-state index is 0.0906. The lowest BCUT2D eigenvalue weighted by Crippen LogP contribution is -2.29. The topological polar surface area (TPSA) is 75.3 Å². The summed E-state index contributed by atoms with van der Waals surface area (Å²) < 4.78 is 25.6. The summed E-state index contributed by atoms with van der Waals surface area (Å²) in [5, 5.41) is 3.70. The van der Waals surface area contributed by atoms with Crippen LogP contribution in [0.3, 0.4) is 0 Å². The molecule has 0 saturated carbocycles. The molecule has 104 valence electrons. The number of amides is 1. The molecular formula is C13H18N2O3S. The Kier molecular flexibility index (Phi) is 6.24. The lowest BCUT2D eigenvalue weighted by molar-refractivity contribution is -0.120.